The van der Waals surface area contributed by atoms with Crippen molar-refractivity contribution in [2.24, 2.45) is 0 Å². The van der Waals surface area contributed by atoms with Crippen molar-refractivity contribution in [1.82, 2.24) is 10.1 Å². The Hall–Kier alpha value is -2.86. The lowest BCUT2D eigenvalue weighted by Crippen LogP contribution is -2.11. The van der Waals surface area contributed by atoms with Crippen LogP contribution in [0.1, 0.15) is 28.4 Å². The summed E-state index contributed by atoms with van der Waals surface area (Å²) >= 11 is 5.71. The van der Waals surface area contributed by atoms with Crippen LogP contribution in [0.3, 0.4) is 0 Å². The molecular formula is C19H11ClF6N2O3S. The average molecular weight is 497 g/mol. The Morgan fingerprint density at radius 1 is 0.906 bits per heavy atom. The summed E-state index contributed by atoms with van der Waals surface area (Å²) in [7, 11) is -3.86. The molecule has 0 bridgehead atoms. The quantitative estimate of drug-likeness (QED) is 0.411. The van der Waals surface area contributed by atoms with Crippen molar-refractivity contribution >= 4 is 33.6 Å². The number of alkyl halides is 6. The number of nitrogens with zero attached hydrogens (tertiary/aromatic N) is 2. The Labute approximate surface area is 182 Å². The maximum Gasteiger partial charge on any atom is 0.416 e. The molecule has 170 valence electrons. The van der Waals surface area contributed by atoms with Crippen LogP contribution in [-0.4, -0.2) is 18.6 Å². The second-order valence-corrected chi connectivity index (χ2v) is 8.86. The molecule has 3 aromatic rings. The summed E-state index contributed by atoms with van der Waals surface area (Å²) in [6.45, 7) is 0. The highest BCUT2D eigenvalue weighted by Crippen LogP contribution is 2.36. The number of benzene rings is 2. The van der Waals surface area contributed by atoms with Gasteiger partial charge in [0, 0.05) is 5.02 Å². The largest absolute Gasteiger partial charge is 0.416 e. The lowest BCUT2D eigenvalue weighted by atomic mass is 10.0. The molecule has 0 aliphatic heterocycles. The fraction of sp³-hybridized carbons (Fsp3) is 0.158. The van der Waals surface area contributed by atoms with Gasteiger partial charge in [-0.2, -0.15) is 31.3 Å². The Balaban J connectivity index is 1.83. The van der Waals surface area contributed by atoms with E-state index in [4.69, 9.17) is 16.1 Å². The van der Waals surface area contributed by atoms with Gasteiger partial charge < -0.3 is 4.52 Å². The van der Waals surface area contributed by atoms with Crippen molar-refractivity contribution in [2.75, 3.05) is 0 Å². The first-order valence-electron chi connectivity index (χ1n) is 8.52. The molecule has 0 atom stereocenters. The summed E-state index contributed by atoms with van der Waals surface area (Å²) in [5.41, 5.74) is -3.36. The lowest BCUT2D eigenvalue weighted by Gasteiger charge is -2.12. The van der Waals surface area contributed by atoms with E-state index < -0.39 is 44.6 Å². The van der Waals surface area contributed by atoms with Crippen LogP contribution in [0, 0.1) is 0 Å². The molecule has 0 aliphatic rings. The second-order valence-electron chi connectivity index (χ2n) is 6.43. The Bertz CT molecular complexity index is 1220. The van der Waals surface area contributed by atoms with Crippen molar-refractivity contribution in [2.45, 2.75) is 23.0 Å². The highest BCUT2D eigenvalue weighted by Gasteiger charge is 2.36. The molecule has 0 saturated heterocycles. The predicted octanol–water partition coefficient (Wildman–Crippen LogP) is 5.90. The fourth-order valence-electron chi connectivity index (χ4n) is 2.53. The van der Waals surface area contributed by atoms with Crippen LogP contribution in [0.4, 0.5) is 26.3 Å². The highest BCUT2D eigenvalue weighted by molar-refractivity contribution is 7.90. The molecule has 0 radical (unpaired) electrons. The zero-order valence-corrected chi connectivity index (χ0v) is 17.1. The molecule has 0 aliphatic carbocycles. The fourth-order valence-corrected chi connectivity index (χ4v) is 3.81. The molecule has 32 heavy (non-hydrogen) atoms. The van der Waals surface area contributed by atoms with Crippen molar-refractivity contribution < 1.29 is 39.3 Å². The van der Waals surface area contributed by atoms with Gasteiger partial charge in [0.1, 0.15) is 5.75 Å². The highest BCUT2D eigenvalue weighted by atomic mass is 35.5. The summed E-state index contributed by atoms with van der Waals surface area (Å²) in [4.78, 5) is 3.73. The number of hydrogen-bond donors (Lipinski definition) is 0. The van der Waals surface area contributed by atoms with Gasteiger partial charge in [-0.15, -0.1) is 0 Å². The smallest absolute Gasteiger partial charge is 0.338 e. The van der Waals surface area contributed by atoms with Gasteiger partial charge in [0.2, 0.25) is 5.89 Å². The van der Waals surface area contributed by atoms with E-state index >= 15 is 0 Å². The third-order valence-electron chi connectivity index (χ3n) is 4.00. The zero-order chi connectivity index (χ0) is 23.7. The number of halogens is 7. The van der Waals surface area contributed by atoms with Gasteiger partial charge >= 0.3 is 12.4 Å². The monoisotopic (exact) mass is 496 g/mol. The summed E-state index contributed by atoms with van der Waals surface area (Å²) in [5.74, 6) is -1.23. The van der Waals surface area contributed by atoms with Gasteiger partial charge in [-0.05, 0) is 54.1 Å². The number of hydrogen-bond acceptors (Lipinski definition) is 5. The molecule has 0 N–H and O–H groups in total. The Morgan fingerprint density at radius 3 is 2.00 bits per heavy atom. The molecule has 5 nitrogen and oxygen atoms in total. The summed E-state index contributed by atoms with van der Waals surface area (Å²) < 4.78 is 107. The molecular weight excluding hydrogens is 486 g/mol. The third-order valence-corrected chi connectivity index (χ3v) is 5.87. The van der Waals surface area contributed by atoms with Crippen LogP contribution in [0.25, 0.3) is 12.2 Å². The maximum atomic E-state index is 12.9. The van der Waals surface area contributed by atoms with Crippen LogP contribution in [0.2, 0.25) is 5.02 Å². The zero-order valence-electron chi connectivity index (χ0n) is 15.6. The van der Waals surface area contributed by atoms with E-state index in [2.05, 4.69) is 10.1 Å². The molecule has 0 saturated carbocycles. The normalized spacial score (nSPS) is 13.1. The first kappa shape index (κ1) is 23.8. The number of rotatable bonds is 5. The SMILES string of the molecule is O=S(=O)(Cc1nc(/C=C/c2cc(C(F)(F)F)cc(C(F)(F)F)c2)no1)c1ccc(Cl)cc1. The van der Waals surface area contributed by atoms with E-state index in [1.54, 1.807) is 0 Å². The predicted molar refractivity (Wildman–Crippen MR) is 102 cm³/mol. The van der Waals surface area contributed by atoms with Crippen LogP contribution in [0.5, 0.6) is 0 Å². The third kappa shape index (κ3) is 5.88. The molecule has 0 spiro atoms. The molecule has 0 fully saturated rings. The minimum absolute atomic E-state index is 0.00537. The second kappa shape index (κ2) is 8.58. The van der Waals surface area contributed by atoms with E-state index in [1.807, 2.05) is 0 Å². The van der Waals surface area contributed by atoms with E-state index in [9.17, 15) is 34.8 Å². The van der Waals surface area contributed by atoms with E-state index in [-0.39, 0.29) is 22.7 Å². The molecule has 3 rings (SSSR count). The first-order chi connectivity index (χ1) is 14.7. The van der Waals surface area contributed by atoms with Crippen molar-refractivity contribution in [3.05, 3.63) is 75.9 Å². The van der Waals surface area contributed by atoms with Crippen LogP contribution in [0.15, 0.2) is 51.9 Å². The van der Waals surface area contributed by atoms with E-state index in [0.29, 0.717) is 17.2 Å². The Kier molecular flexibility index (Phi) is 6.38. The molecule has 0 unspecified atom stereocenters. The topological polar surface area (TPSA) is 73.1 Å². The minimum Gasteiger partial charge on any atom is -0.338 e. The van der Waals surface area contributed by atoms with Gasteiger partial charge in [-0.25, -0.2) is 8.42 Å². The summed E-state index contributed by atoms with van der Waals surface area (Å²) in [6, 6.07) is 6.36. The first-order valence-corrected chi connectivity index (χ1v) is 10.6. The van der Waals surface area contributed by atoms with E-state index in [1.165, 1.54) is 24.3 Å². The molecule has 2 aromatic carbocycles. The van der Waals surface area contributed by atoms with Gasteiger partial charge in [0.15, 0.2) is 15.7 Å². The Morgan fingerprint density at radius 2 is 1.47 bits per heavy atom. The van der Waals surface area contributed by atoms with E-state index in [0.717, 1.165) is 12.2 Å². The lowest BCUT2D eigenvalue weighted by molar-refractivity contribution is -0.143. The van der Waals surface area contributed by atoms with Gasteiger partial charge in [0.25, 0.3) is 0 Å². The summed E-state index contributed by atoms with van der Waals surface area (Å²) in [5, 5.41) is 3.79. The molecule has 1 aromatic heterocycles. The van der Waals surface area contributed by atoms with Gasteiger partial charge in [0.05, 0.1) is 16.0 Å². The van der Waals surface area contributed by atoms with Crippen LogP contribution < -0.4 is 0 Å². The number of sulfone groups is 1. The van der Waals surface area contributed by atoms with Crippen LogP contribution in [-0.2, 0) is 27.9 Å². The van der Waals surface area contributed by atoms with Gasteiger partial charge in [-0.1, -0.05) is 22.8 Å². The van der Waals surface area contributed by atoms with Crippen molar-refractivity contribution in [3.8, 4) is 0 Å². The summed E-state index contributed by atoms with van der Waals surface area (Å²) in [6.07, 6.45) is -8.05. The maximum absolute atomic E-state index is 12.9. The molecule has 1 heterocycles. The average Bonchev–Trinajstić information content (AvgIpc) is 3.12. The molecule has 0 amide bonds. The van der Waals surface area contributed by atoms with Gasteiger partial charge in [-0.3, -0.25) is 0 Å². The van der Waals surface area contributed by atoms with Crippen molar-refractivity contribution in [3.63, 3.8) is 0 Å². The standard InChI is InChI=1S/C19H11ClF6N2O3S/c20-14-2-4-15(5-3-14)32(29,30)10-17-27-16(28-31-17)6-1-11-7-12(18(21,22)23)9-13(8-11)19(24,25)26/h1-9H,10H2/b6-1+. The van der Waals surface area contributed by atoms with Crippen LogP contribution >= 0.6 is 11.6 Å². The molecule has 13 heteroatoms. The van der Waals surface area contributed by atoms with Crippen molar-refractivity contribution in [1.29, 1.82) is 0 Å². The minimum atomic E-state index is -4.99. The number of aromatic nitrogens is 2.